The number of pyridine rings is 1. The lowest BCUT2D eigenvalue weighted by Crippen LogP contribution is -2.47. The lowest BCUT2D eigenvalue weighted by atomic mass is 10.3. The topological polar surface area (TPSA) is 113 Å². The predicted octanol–water partition coefficient (Wildman–Crippen LogP) is -0.150. The van der Waals surface area contributed by atoms with Crippen molar-refractivity contribution in [3.63, 3.8) is 0 Å². The Hall–Kier alpha value is -1.97. The predicted molar refractivity (Wildman–Crippen MR) is 71.4 cm³/mol. The fourth-order valence-electron chi connectivity index (χ4n) is 1.83. The zero-order valence-corrected chi connectivity index (χ0v) is 10.7. The molecule has 0 bridgehead atoms. The number of nitro groups is 1. The van der Waals surface area contributed by atoms with E-state index < -0.39 is 4.92 Å². The van der Waals surface area contributed by atoms with Crippen LogP contribution >= 0.6 is 0 Å². The summed E-state index contributed by atoms with van der Waals surface area (Å²) >= 11 is 0. The van der Waals surface area contributed by atoms with Crippen LogP contribution in [0.25, 0.3) is 0 Å². The monoisotopic (exact) mass is 267 g/mol. The Balaban J connectivity index is 2.10. The molecule has 1 aliphatic heterocycles. The molecule has 0 aliphatic carbocycles. The van der Waals surface area contributed by atoms with Gasteiger partial charge in [-0.25, -0.2) is 15.8 Å². The molecule has 2 heterocycles. The van der Waals surface area contributed by atoms with E-state index in [2.05, 4.69) is 27.8 Å². The second kappa shape index (κ2) is 5.78. The summed E-state index contributed by atoms with van der Waals surface area (Å²) in [7, 11) is 2.05. The molecule has 1 aromatic heterocycles. The number of hydrazine groups is 2. The van der Waals surface area contributed by atoms with Gasteiger partial charge in [-0.05, 0) is 7.05 Å². The van der Waals surface area contributed by atoms with Crippen LogP contribution in [0.5, 0.6) is 0 Å². The first-order valence-electron chi connectivity index (χ1n) is 5.92. The lowest BCUT2D eigenvalue weighted by Gasteiger charge is -2.32. The van der Waals surface area contributed by atoms with Gasteiger partial charge in [0.2, 0.25) is 0 Å². The summed E-state index contributed by atoms with van der Waals surface area (Å²) in [5.41, 5.74) is 5.34. The van der Waals surface area contributed by atoms with Crippen molar-refractivity contribution in [2.45, 2.75) is 0 Å². The number of aromatic nitrogens is 1. The summed E-state index contributed by atoms with van der Waals surface area (Å²) in [5, 5.41) is 12.8. The van der Waals surface area contributed by atoms with Gasteiger partial charge in [-0.1, -0.05) is 0 Å². The van der Waals surface area contributed by atoms with Gasteiger partial charge in [0.15, 0.2) is 0 Å². The molecule has 0 saturated carbocycles. The van der Waals surface area contributed by atoms with Gasteiger partial charge in [-0.3, -0.25) is 10.1 Å². The summed E-state index contributed by atoms with van der Waals surface area (Å²) in [6, 6.07) is 2.67. The number of nitrogens with zero attached hydrogens (tertiary/aromatic N) is 4. The molecule has 19 heavy (non-hydrogen) atoms. The van der Waals surface area contributed by atoms with E-state index >= 15 is 0 Å². The Morgan fingerprint density at radius 2 is 1.95 bits per heavy atom. The van der Waals surface area contributed by atoms with E-state index in [9.17, 15) is 10.1 Å². The summed E-state index contributed by atoms with van der Waals surface area (Å²) in [6.45, 7) is 3.52. The molecule has 9 nitrogen and oxygen atoms in total. The van der Waals surface area contributed by atoms with Crippen LogP contribution in [0.3, 0.4) is 0 Å². The number of rotatable bonds is 4. The molecular weight excluding hydrogens is 250 g/mol. The first-order valence-corrected chi connectivity index (χ1v) is 5.92. The van der Waals surface area contributed by atoms with E-state index in [-0.39, 0.29) is 11.5 Å². The van der Waals surface area contributed by atoms with Crippen molar-refractivity contribution in [3.05, 3.63) is 22.2 Å². The zero-order valence-electron chi connectivity index (χ0n) is 10.7. The SMILES string of the molecule is CN1CCN(Nc2cc([N+](=O)[O-])cc(NN)n2)CC1. The summed E-state index contributed by atoms with van der Waals surface area (Å²) in [6.07, 6.45) is 0. The first-order chi connectivity index (χ1) is 9.08. The van der Waals surface area contributed by atoms with E-state index in [4.69, 9.17) is 5.84 Å². The minimum atomic E-state index is -0.475. The molecule has 1 saturated heterocycles. The molecule has 1 fully saturated rings. The number of hydrogen-bond acceptors (Lipinski definition) is 8. The molecule has 0 spiro atoms. The van der Waals surface area contributed by atoms with Crippen molar-refractivity contribution in [2.75, 3.05) is 44.1 Å². The second-order valence-corrected chi connectivity index (χ2v) is 4.40. The average molecular weight is 267 g/mol. The summed E-state index contributed by atoms with van der Waals surface area (Å²) in [4.78, 5) is 16.7. The van der Waals surface area contributed by atoms with Crippen LogP contribution in [-0.2, 0) is 0 Å². The highest BCUT2D eigenvalue weighted by Crippen LogP contribution is 2.20. The Morgan fingerprint density at radius 3 is 2.53 bits per heavy atom. The van der Waals surface area contributed by atoms with Gasteiger partial charge in [-0.2, -0.15) is 0 Å². The highest BCUT2D eigenvalue weighted by Gasteiger charge is 2.16. The van der Waals surface area contributed by atoms with Gasteiger partial charge in [0.25, 0.3) is 5.69 Å². The third kappa shape index (κ3) is 3.50. The highest BCUT2D eigenvalue weighted by atomic mass is 16.6. The standard InChI is InChI=1S/C10H17N7O2/c1-15-2-4-16(5-3-15)14-10-7-8(17(18)19)6-9(12-10)13-11/h6-7H,2-5,11H2,1H3,(H2,12,13,14). The van der Waals surface area contributed by atoms with Gasteiger partial charge in [0.1, 0.15) is 11.6 Å². The maximum absolute atomic E-state index is 10.8. The molecule has 1 aromatic rings. The van der Waals surface area contributed by atoms with Crippen molar-refractivity contribution in [2.24, 2.45) is 5.84 Å². The lowest BCUT2D eigenvalue weighted by molar-refractivity contribution is -0.384. The number of likely N-dealkylation sites (N-methyl/N-ethyl adjacent to an activating group) is 1. The van der Waals surface area contributed by atoms with Crippen molar-refractivity contribution in [3.8, 4) is 0 Å². The molecular formula is C10H17N7O2. The molecule has 0 aromatic carbocycles. The Kier molecular flexibility index (Phi) is 4.10. The molecule has 0 radical (unpaired) electrons. The highest BCUT2D eigenvalue weighted by molar-refractivity contribution is 5.53. The molecule has 0 atom stereocenters. The van der Waals surface area contributed by atoms with Gasteiger partial charge < -0.3 is 15.8 Å². The zero-order chi connectivity index (χ0) is 13.8. The Morgan fingerprint density at radius 1 is 1.32 bits per heavy atom. The van der Waals surface area contributed by atoms with E-state index in [1.165, 1.54) is 12.1 Å². The Labute approximate surface area is 110 Å². The number of anilines is 2. The van der Waals surface area contributed by atoms with Crippen molar-refractivity contribution in [1.82, 2.24) is 14.9 Å². The van der Waals surface area contributed by atoms with Crippen LogP contribution in [-0.4, -0.2) is 53.0 Å². The minimum absolute atomic E-state index is 0.0559. The minimum Gasteiger partial charge on any atom is -0.308 e. The fourth-order valence-corrected chi connectivity index (χ4v) is 1.83. The average Bonchev–Trinajstić information content (AvgIpc) is 2.41. The molecule has 0 amide bonds. The number of nitrogens with two attached hydrogens (primary N) is 1. The van der Waals surface area contributed by atoms with Crippen LogP contribution in [0.2, 0.25) is 0 Å². The van der Waals surface area contributed by atoms with Crippen LogP contribution in [0.4, 0.5) is 17.3 Å². The molecule has 2 rings (SSSR count). The molecule has 104 valence electrons. The number of nitrogens with one attached hydrogen (secondary N) is 2. The molecule has 0 unspecified atom stereocenters. The normalized spacial score (nSPS) is 17.2. The molecule has 9 heteroatoms. The Bertz CT molecular complexity index is 459. The summed E-state index contributed by atoms with van der Waals surface area (Å²) < 4.78 is 0. The van der Waals surface area contributed by atoms with Gasteiger partial charge in [-0.15, -0.1) is 0 Å². The maximum atomic E-state index is 10.8. The van der Waals surface area contributed by atoms with Crippen molar-refractivity contribution in [1.29, 1.82) is 0 Å². The number of nitrogen functional groups attached to an aromatic ring is 1. The van der Waals surface area contributed by atoms with Gasteiger partial charge >= 0.3 is 0 Å². The van der Waals surface area contributed by atoms with E-state index in [1.54, 1.807) is 0 Å². The number of piperazine rings is 1. The smallest absolute Gasteiger partial charge is 0.276 e. The van der Waals surface area contributed by atoms with Crippen LogP contribution in [0, 0.1) is 10.1 Å². The first kappa shape index (κ1) is 13.5. The third-order valence-electron chi connectivity index (χ3n) is 2.94. The van der Waals surface area contributed by atoms with E-state index in [1.807, 2.05) is 5.01 Å². The molecule has 1 aliphatic rings. The van der Waals surface area contributed by atoms with E-state index in [0.717, 1.165) is 26.2 Å². The third-order valence-corrected chi connectivity index (χ3v) is 2.94. The fraction of sp³-hybridized carbons (Fsp3) is 0.500. The quantitative estimate of drug-likeness (QED) is 0.392. The van der Waals surface area contributed by atoms with Gasteiger partial charge in [0.05, 0.1) is 17.1 Å². The maximum Gasteiger partial charge on any atom is 0.276 e. The summed E-state index contributed by atoms with van der Waals surface area (Å²) in [5.74, 6) is 5.92. The van der Waals surface area contributed by atoms with Crippen molar-refractivity contribution >= 4 is 17.3 Å². The largest absolute Gasteiger partial charge is 0.308 e. The number of hydrogen-bond donors (Lipinski definition) is 3. The van der Waals surface area contributed by atoms with Crippen LogP contribution in [0.15, 0.2) is 12.1 Å². The van der Waals surface area contributed by atoms with Crippen LogP contribution in [0.1, 0.15) is 0 Å². The van der Waals surface area contributed by atoms with E-state index in [0.29, 0.717) is 5.82 Å². The molecule has 4 N–H and O–H groups in total. The second-order valence-electron chi connectivity index (χ2n) is 4.40. The van der Waals surface area contributed by atoms with Crippen LogP contribution < -0.4 is 16.7 Å². The van der Waals surface area contributed by atoms with Crippen molar-refractivity contribution < 1.29 is 4.92 Å². The van der Waals surface area contributed by atoms with Gasteiger partial charge in [0, 0.05) is 26.2 Å².